The second kappa shape index (κ2) is 9.28. The Morgan fingerprint density at radius 1 is 1.10 bits per heavy atom. The zero-order valence-corrected chi connectivity index (χ0v) is 17.1. The van der Waals surface area contributed by atoms with Gasteiger partial charge in [0.2, 0.25) is 0 Å². The molecule has 1 N–H and O–H groups in total. The third kappa shape index (κ3) is 5.07. The van der Waals surface area contributed by atoms with Gasteiger partial charge in [-0.1, -0.05) is 24.3 Å². The van der Waals surface area contributed by atoms with E-state index in [4.69, 9.17) is 9.47 Å². The molecule has 4 rings (SSSR count). The van der Waals surface area contributed by atoms with Crippen LogP contribution in [0.4, 0.5) is 10.5 Å². The van der Waals surface area contributed by atoms with Crippen LogP contribution in [0.1, 0.15) is 11.1 Å². The third-order valence-corrected chi connectivity index (χ3v) is 5.05. The molecule has 0 aliphatic carbocycles. The maximum absolute atomic E-state index is 12.0. The number of amidine groups is 1. The number of thioether (sulfide) groups is 1. The Balaban J connectivity index is 1.55. The van der Waals surface area contributed by atoms with E-state index in [0.717, 1.165) is 33.5 Å². The zero-order valence-electron chi connectivity index (χ0n) is 16.2. The molecule has 0 atom stereocenters. The molecule has 1 aliphatic rings. The highest BCUT2D eigenvalue weighted by molar-refractivity contribution is 8.18. The molecule has 0 unspecified atom stereocenters. The van der Waals surface area contributed by atoms with E-state index in [0.29, 0.717) is 23.9 Å². The molecule has 30 heavy (non-hydrogen) atoms. The molecule has 0 spiro atoms. The van der Waals surface area contributed by atoms with Crippen LogP contribution in [0.25, 0.3) is 6.08 Å². The number of rotatable bonds is 6. The number of aliphatic imine (C=N–C) groups is 1. The van der Waals surface area contributed by atoms with Crippen LogP contribution in [0.3, 0.4) is 0 Å². The standard InChI is InChI=1S/C23H19N3O3S/c1-28-19-8-3-7-18(13-19)25-22-21(30-23(27)26-22)12-16-5-2-9-20(11-16)29-15-17-6-4-10-24-14-17/h2-14H,15H2,1H3,(H,25,26,27). The molecule has 1 aliphatic heterocycles. The number of nitrogens with one attached hydrogen (secondary N) is 1. The summed E-state index contributed by atoms with van der Waals surface area (Å²) in [6.07, 6.45) is 5.42. The van der Waals surface area contributed by atoms with Crippen LogP contribution in [0.15, 0.2) is 83.0 Å². The molecular weight excluding hydrogens is 398 g/mol. The fraction of sp³-hybridized carbons (Fsp3) is 0.0870. The van der Waals surface area contributed by atoms with Crippen LogP contribution in [0, 0.1) is 0 Å². The molecule has 2 heterocycles. The van der Waals surface area contributed by atoms with Crippen LogP contribution in [-0.4, -0.2) is 23.2 Å². The third-order valence-electron chi connectivity index (χ3n) is 4.23. The van der Waals surface area contributed by atoms with E-state index in [1.807, 2.05) is 66.7 Å². The van der Waals surface area contributed by atoms with Gasteiger partial charge in [-0.25, -0.2) is 4.99 Å². The summed E-state index contributed by atoms with van der Waals surface area (Å²) in [7, 11) is 1.61. The predicted octanol–water partition coefficient (Wildman–Crippen LogP) is 5.20. The van der Waals surface area contributed by atoms with Crippen molar-refractivity contribution in [2.24, 2.45) is 4.99 Å². The van der Waals surface area contributed by atoms with Crippen molar-refractivity contribution >= 4 is 34.6 Å². The molecule has 1 fully saturated rings. The Hall–Kier alpha value is -3.58. The first-order valence-electron chi connectivity index (χ1n) is 9.25. The van der Waals surface area contributed by atoms with Crippen LogP contribution in [0.2, 0.25) is 0 Å². The highest BCUT2D eigenvalue weighted by Crippen LogP contribution is 2.30. The minimum absolute atomic E-state index is 0.160. The lowest BCUT2D eigenvalue weighted by atomic mass is 10.2. The monoisotopic (exact) mass is 417 g/mol. The SMILES string of the molecule is COc1cccc(N=C2NC(=O)SC2=Cc2cccc(OCc3cccnc3)c2)c1. The maximum Gasteiger partial charge on any atom is 0.289 e. The number of ether oxygens (including phenoxy) is 2. The van der Waals surface area contributed by atoms with Crippen molar-refractivity contribution in [2.45, 2.75) is 6.61 Å². The molecule has 3 aromatic rings. The van der Waals surface area contributed by atoms with Crippen molar-refractivity contribution in [3.8, 4) is 11.5 Å². The van der Waals surface area contributed by atoms with E-state index >= 15 is 0 Å². The fourth-order valence-electron chi connectivity index (χ4n) is 2.82. The fourth-order valence-corrected chi connectivity index (χ4v) is 3.55. The Kier molecular flexibility index (Phi) is 6.10. The molecule has 0 bridgehead atoms. The van der Waals surface area contributed by atoms with E-state index in [1.54, 1.807) is 19.5 Å². The van der Waals surface area contributed by atoms with Crippen LogP contribution in [0.5, 0.6) is 11.5 Å². The van der Waals surface area contributed by atoms with E-state index in [9.17, 15) is 4.79 Å². The summed E-state index contributed by atoms with van der Waals surface area (Å²) >= 11 is 1.11. The smallest absolute Gasteiger partial charge is 0.289 e. The number of pyridine rings is 1. The molecule has 0 saturated carbocycles. The number of hydrogen-bond acceptors (Lipinski definition) is 6. The first-order chi connectivity index (χ1) is 14.7. The summed E-state index contributed by atoms with van der Waals surface area (Å²) in [5.74, 6) is 1.96. The Labute approximate surface area is 178 Å². The van der Waals surface area contributed by atoms with Gasteiger partial charge < -0.3 is 14.8 Å². The number of carbonyl (C=O) groups is 1. The molecule has 1 amide bonds. The van der Waals surface area contributed by atoms with Crippen LogP contribution < -0.4 is 14.8 Å². The molecule has 1 aromatic heterocycles. The summed E-state index contributed by atoms with van der Waals surface area (Å²) in [4.78, 5) is 21.4. The van der Waals surface area contributed by atoms with Crippen molar-refractivity contribution in [1.29, 1.82) is 0 Å². The molecule has 0 radical (unpaired) electrons. The Bertz CT molecular complexity index is 1110. The Morgan fingerprint density at radius 2 is 1.97 bits per heavy atom. The molecule has 7 heteroatoms. The summed E-state index contributed by atoms with van der Waals surface area (Å²) in [5.41, 5.74) is 2.61. The van der Waals surface area contributed by atoms with Crippen molar-refractivity contribution in [3.05, 3.63) is 89.1 Å². The maximum atomic E-state index is 12.0. The quantitative estimate of drug-likeness (QED) is 0.597. The molecular formula is C23H19N3O3S. The van der Waals surface area contributed by atoms with Crippen molar-refractivity contribution < 1.29 is 14.3 Å². The van der Waals surface area contributed by atoms with Crippen LogP contribution >= 0.6 is 11.8 Å². The first kappa shape index (κ1) is 19.7. The topological polar surface area (TPSA) is 72.8 Å². The number of methoxy groups -OCH3 is 1. The van der Waals surface area contributed by atoms with Crippen molar-refractivity contribution in [3.63, 3.8) is 0 Å². The predicted molar refractivity (Wildman–Crippen MR) is 119 cm³/mol. The summed E-state index contributed by atoms with van der Waals surface area (Å²) in [6, 6.07) is 18.9. The normalized spacial score (nSPS) is 16.0. The number of benzene rings is 2. The molecule has 6 nitrogen and oxygen atoms in total. The molecule has 150 valence electrons. The number of hydrogen-bond donors (Lipinski definition) is 1. The highest BCUT2D eigenvalue weighted by Gasteiger charge is 2.23. The van der Waals surface area contributed by atoms with Gasteiger partial charge in [-0.3, -0.25) is 9.78 Å². The van der Waals surface area contributed by atoms with Gasteiger partial charge in [-0.05, 0) is 53.7 Å². The van der Waals surface area contributed by atoms with Gasteiger partial charge in [0.1, 0.15) is 23.9 Å². The number of carbonyl (C=O) groups excluding carboxylic acids is 1. The number of aromatic nitrogens is 1. The molecule has 1 saturated heterocycles. The van der Waals surface area contributed by atoms with E-state index < -0.39 is 0 Å². The minimum Gasteiger partial charge on any atom is -0.497 e. The van der Waals surface area contributed by atoms with Gasteiger partial charge in [0.05, 0.1) is 17.7 Å². The summed E-state index contributed by atoms with van der Waals surface area (Å²) in [5, 5.41) is 2.64. The largest absolute Gasteiger partial charge is 0.497 e. The summed E-state index contributed by atoms with van der Waals surface area (Å²) in [6.45, 7) is 0.436. The average Bonchev–Trinajstić information content (AvgIpc) is 3.11. The second-order valence-electron chi connectivity index (χ2n) is 6.41. The zero-order chi connectivity index (χ0) is 20.8. The van der Waals surface area contributed by atoms with Gasteiger partial charge in [0.15, 0.2) is 0 Å². The van der Waals surface area contributed by atoms with Gasteiger partial charge in [0, 0.05) is 24.0 Å². The van der Waals surface area contributed by atoms with E-state index in [-0.39, 0.29) is 5.24 Å². The van der Waals surface area contributed by atoms with Gasteiger partial charge in [-0.2, -0.15) is 0 Å². The van der Waals surface area contributed by atoms with Gasteiger partial charge >= 0.3 is 0 Å². The first-order valence-corrected chi connectivity index (χ1v) is 10.1. The van der Waals surface area contributed by atoms with E-state index in [1.165, 1.54) is 0 Å². The minimum atomic E-state index is -0.160. The Morgan fingerprint density at radius 3 is 2.80 bits per heavy atom. The second-order valence-corrected chi connectivity index (χ2v) is 7.42. The van der Waals surface area contributed by atoms with Gasteiger partial charge in [0.25, 0.3) is 5.24 Å². The number of nitrogens with zero attached hydrogens (tertiary/aromatic N) is 2. The van der Waals surface area contributed by atoms with Crippen molar-refractivity contribution in [2.75, 3.05) is 7.11 Å². The van der Waals surface area contributed by atoms with Crippen molar-refractivity contribution in [1.82, 2.24) is 10.3 Å². The lowest BCUT2D eigenvalue weighted by molar-refractivity contribution is 0.265. The summed E-state index contributed by atoms with van der Waals surface area (Å²) < 4.78 is 11.1. The molecule has 2 aromatic carbocycles. The van der Waals surface area contributed by atoms with E-state index in [2.05, 4.69) is 15.3 Å². The average molecular weight is 417 g/mol. The lowest BCUT2D eigenvalue weighted by Gasteiger charge is -2.07. The van der Waals surface area contributed by atoms with Gasteiger partial charge in [-0.15, -0.1) is 0 Å². The lowest BCUT2D eigenvalue weighted by Crippen LogP contribution is -2.18. The van der Waals surface area contributed by atoms with Crippen LogP contribution in [-0.2, 0) is 6.61 Å². The number of amides is 1. The highest BCUT2D eigenvalue weighted by atomic mass is 32.2.